The van der Waals surface area contributed by atoms with E-state index in [1.54, 1.807) is 45.0 Å². The molecule has 136 valence electrons. The fraction of sp³-hybridized carbons (Fsp3) is 0.333. The van der Waals surface area contributed by atoms with Crippen molar-refractivity contribution in [1.29, 1.82) is 5.26 Å². The smallest absolute Gasteiger partial charge is 0.349 e. The predicted molar refractivity (Wildman–Crippen MR) is 98.5 cm³/mol. The van der Waals surface area contributed by atoms with Crippen LogP contribution in [0.1, 0.15) is 37.5 Å². The van der Waals surface area contributed by atoms with Gasteiger partial charge in [0.15, 0.2) is 5.60 Å². The lowest BCUT2D eigenvalue weighted by Gasteiger charge is -2.25. The topological polar surface area (TPSA) is 68.6 Å². The summed E-state index contributed by atoms with van der Waals surface area (Å²) in [4.78, 5) is 12.0. The average Bonchev–Trinajstić information content (AvgIpc) is 2.59. The van der Waals surface area contributed by atoms with Crippen molar-refractivity contribution >= 4 is 5.97 Å². The second-order valence-corrected chi connectivity index (χ2v) is 6.40. The highest BCUT2D eigenvalue weighted by molar-refractivity contribution is 5.79. The van der Waals surface area contributed by atoms with E-state index in [0.717, 1.165) is 11.1 Å². The number of esters is 1. The summed E-state index contributed by atoms with van der Waals surface area (Å²) in [7, 11) is 0. The van der Waals surface area contributed by atoms with E-state index in [9.17, 15) is 4.79 Å². The minimum Gasteiger partial charge on any atom is -0.476 e. The molecular weight excluding hydrogens is 330 g/mol. The molecular formula is C21H23NO4. The summed E-state index contributed by atoms with van der Waals surface area (Å²) in [6.07, 6.45) is 0. The molecule has 0 N–H and O–H groups in total. The highest BCUT2D eigenvalue weighted by Gasteiger charge is 2.32. The molecule has 0 aliphatic carbocycles. The molecule has 5 nitrogen and oxygen atoms in total. The van der Waals surface area contributed by atoms with Crippen LogP contribution in [0.2, 0.25) is 0 Å². The van der Waals surface area contributed by atoms with E-state index in [-0.39, 0.29) is 0 Å². The quantitative estimate of drug-likeness (QED) is 0.705. The normalized spacial score (nSPS) is 10.8. The number of carbonyl (C=O) groups is 1. The van der Waals surface area contributed by atoms with Gasteiger partial charge in [-0.05, 0) is 70.5 Å². The molecule has 0 aliphatic rings. The summed E-state index contributed by atoms with van der Waals surface area (Å²) in [6.45, 7) is 9.13. The zero-order valence-electron chi connectivity index (χ0n) is 15.8. The third-order valence-electron chi connectivity index (χ3n) is 3.91. The van der Waals surface area contributed by atoms with E-state index in [1.807, 2.05) is 26.0 Å². The Hall–Kier alpha value is -3.00. The zero-order valence-corrected chi connectivity index (χ0v) is 15.8. The number of hydrogen-bond acceptors (Lipinski definition) is 5. The standard InChI is InChI=1S/C21H23NO4/c1-6-24-20(23)21(4,5)26-18-11-10-17(12-14(18)2)25-19-9-7-8-16(13-22)15(19)3/h7-12H,6H2,1-5H3. The van der Waals surface area contributed by atoms with Crippen LogP contribution in [0.25, 0.3) is 0 Å². The van der Waals surface area contributed by atoms with Gasteiger partial charge in [0.2, 0.25) is 0 Å². The minimum absolute atomic E-state index is 0.304. The van der Waals surface area contributed by atoms with Crippen LogP contribution >= 0.6 is 0 Å². The first-order valence-corrected chi connectivity index (χ1v) is 8.43. The first kappa shape index (κ1) is 19.3. The second kappa shape index (κ2) is 7.92. The van der Waals surface area contributed by atoms with Gasteiger partial charge in [0.1, 0.15) is 17.2 Å². The largest absolute Gasteiger partial charge is 0.476 e. The van der Waals surface area contributed by atoms with Crippen molar-refractivity contribution < 1.29 is 19.0 Å². The Labute approximate surface area is 154 Å². The summed E-state index contributed by atoms with van der Waals surface area (Å²) in [5, 5.41) is 9.12. The first-order chi connectivity index (χ1) is 12.3. The first-order valence-electron chi connectivity index (χ1n) is 8.43. The fourth-order valence-corrected chi connectivity index (χ4v) is 2.39. The maximum atomic E-state index is 12.0. The van der Waals surface area contributed by atoms with Crippen LogP contribution < -0.4 is 9.47 Å². The maximum absolute atomic E-state index is 12.0. The number of rotatable bonds is 6. The number of ether oxygens (including phenoxy) is 3. The molecule has 0 saturated heterocycles. The SMILES string of the molecule is CCOC(=O)C(C)(C)Oc1ccc(Oc2cccc(C#N)c2C)cc1C. The van der Waals surface area contributed by atoms with Gasteiger partial charge < -0.3 is 14.2 Å². The van der Waals surface area contributed by atoms with Crippen LogP contribution in [-0.4, -0.2) is 18.2 Å². The molecule has 0 bridgehead atoms. The average molecular weight is 353 g/mol. The molecule has 0 saturated carbocycles. The highest BCUT2D eigenvalue weighted by Crippen LogP contribution is 2.31. The molecule has 0 heterocycles. The Kier molecular flexibility index (Phi) is 5.89. The van der Waals surface area contributed by atoms with Gasteiger partial charge in [0.05, 0.1) is 18.2 Å². The van der Waals surface area contributed by atoms with Gasteiger partial charge in [-0.3, -0.25) is 0 Å². The van der Waals surface area contributed by atoms with Crippen molar-refractivity contribution in [3.8, 4) is 23.3 Å². The molecule has 2 aromatic rings. The summed E-state index contributed by atoms with van der Waals surface area (Å²) in [5.41, 5.74) is 1.11. The molecule has 5 heteroatoms. The number of nitrogens with zero attached hydrogens (tertiary/aromatic N) is 1. The molecule has 2 aromatic carbocycles. The lowest BCUT2D eigenvalue weighted by molar-refractivity contribution is -0.158. The Balaban J connectivity index is 2.20. The van der Waals surface area contributed by atoms with Gasteiger partial charge in [-0.1, -0.05) is 6.07 Å². The van der Waals surface area contributed by atoms with Gasteiger partial charge in [0, 0.05) is 5.56 Å². The molecule has 2 rings (SSSR count). The predicted octanol–water partition coefficient (Wildman–Crippen LogP) is 4.69. The van der Waals surface area contributed by atoms with Crippen LogP contribution in [0.15, 0.2) is 36.4 Å². The van der Waals surface area contributed by atoms with Crippen molar-refractivity contribution in [2.24, 2.45) is 0 Å². The van der Waals surface area contributed by atoms with Crippen LogP contribution in [-0.2, 0) is 9.53 Å². The highest BCUT2D eigenvalue weighted by atomic mass is 16.6. The number of benzene rings is 2. The lowest BCUT2D eigenvalue weighted by Crippen LogP contribution is -2.39. The van der Waals surface area contributed by atoms with Crippen LogP contribution in [0, 0.1) is 25.2 Å². The van der Waals surface area contributed by atoms with Crippen molar-refractivity contribution in [3.63, 3.8) is 0 Å². The van der Waals surface area contributed by atoms with Crippen molar-refractivity contribution in [2.75, 3.05) is 6.61 Å². The molecule has 0 radical (unpaired) electrons. The summed E-state index contributed by atoms with van der Waals surface area (Å²) < 4.78 is 16.8. The second-order valence-electron chi connectivity index (χ2n) is 6.40. The van der Waals surface area contributed by atoms with Gasteiger partial charge in [0.25, 0.3) is 0 Å². The molecule has 0 aromatic heterocycles. The maximum Gasteiger partial charge on any atom is 0.349 e. The van der Waals surface area contributed by atoms with Crippen molar-refractivity contribution in [2.45, 2.75) is 40.2 Å². The number of nitriles is 1. The molecule has 0 unspecified atom stereocenters. The molecule has 0 amide bonds. The molecule has 0 atom stereocenters. The Morgan fingerprint density at radius 2 is 1.88 bits per heavy atom. The van der Waals surface area contributed by atoms with Crippen LogP contribution in [0.5, 0.6) is 17.2 Å². The van der Waals surface area contributed by atoms with Gasteiger partial charge in [-0.25, -0.2) is 4.79 Å². The molecule has 0 spiro atoms. The fourth-order valence-electron chi connectivity index (χ4n) is 2.39. The van der Waals surface area contributed by atoms with E-state index < -0.39 is 11.6 Å². The van der Waals surface area contributed by atoms with Gasteiger partial charge in [-0.2, -0.15) is 5.26 Å². The molecule has 0 fully saturated rings. The summed E-state index contributed by atoms with van der Waals surface area (Å²) >= 11 is 0. The van der Waals surface area contributed by atoms with Crippen LogP contribution in [0.3, 0.4) is 0 Å². The molecule has 26 heavy (non-hydrogen) atoms. The van der Waals surface area contributed by atoms with Crippen LogP contribution in [0.4, 0.5) is 0 Å². The monoisotopic (exact) mass is 353 g/mol. The molecule has 0 aliphatic heterocycles. The van der Waals surface area contributed by atoms with E-state index in [4.69, 9.17) is 19.5 Å². The van der Waals surface area contributed by atoms with E-state index >= 15 is 0 Å². The Morgan fingerprint density at radius 3 is 2.50 bits per heavy atom. The van der Waals surface area contributed by atoms with Crippen molar-refractivity contribution in [1.82, 2.24) is 0 Å². The Morgan fingerprint density at radius 1 is 1.15 bits per heavy atom. The summed E-state index contributed by atoms with van der Waals surface area (Å²) in [5.74, 6) is 1.42. The van der Waals surface area contributed by atoms with E-state index in [1.165, 1.54) is 0 Å². The summed E-state index contributed by atoms with van der Waals surface area (Å²) in [6, 6.07) is 12.9. The van der Waals surface area contributed by atoms with Gasteiger partial charge >= 0.3 is 5.97 Å². The van der Waals surface area contributed by atoms with Gasteiger partial charge in [-0.15, -0.1) is 0 Å². The number of hydrogen-bond donors (Lipinski definition) is 0. The zero-order chi connectivity index (χ0) is 19.3. The number of aryl methyl sites for hydroxylation is 1. The number of carbonyl (C=O) groups excluding carboxylic acids is 1. The lowest BCUT2D eigenvalue weighted by atomic mass is 10.1. The van der Waals surface area contributed by atoms with E-state index in [0.29, 0.717) is 29.4 Å². The third-order valence-corrected chi connectivity index (χ3v) is 3.91. The Bertz CT molecular complexity index is 850. The minimum atomic E-state index is -1.08. The third kappa shape index (κ3) is 4.34. The van der Waals surface area contributed by atoms with E-state index in [2.05, 4.69) is 6.07 Å². The van der Waals surface area contributed by atoms with Crippen molar-refractivity contribution in [3.05, 3.63) is 53.1 Å².